The summed E-state index contributed by atoms with van der Waals surface area (Å²) in [4.78, 5) is 22.2. The van der Waals surface area contributed by atoms with Gasteiger partial charge in [-0.2, -0.15) is 0 Å². The third-order valence-electron chi connectivity index (χ3n) is 6.92. The Morgan fingerprint density at radius 3 is 2.83 bits per heavy atom. The van der Waals surface area contributed by atoms with Gasteiger partial charge in [-0.25, -0.2) is 4.98 Å². The third kappa shape index (κ3) is 5.60. The summed E-state index contributed by atoms with van der Waals surface area (Å²) < 4.78 is 19.1. The van der Waals surface area contributed by atoms with Gasteiger partial charge in [-0.15, -0.1) is 0 Å². The second-order valence-electron chi connectivity index (χ2n) is 9.25. The highest BCUT2D eigenvalue weighted by Gasteiger charge is 2.29. The van der Waals surface area contributed by atoms with Gasteiger partial charge in [0.2, 0.25) is 0 Å². The Kier molecular flexibility index (Phi) is 7.49. The Labute approximate surface area is 206 Å². The van der Waals surface area contributed by atoms with Gasteiger partial charge in [-0.05, 0) is 49.1 Å². The summed E-state index contributed by atoms with van der Waals surface area (Å²) in [5.41, 5.74) is 2.49. The highest BCUT2D eigenvalue weighted by molar-refractivity contribution is 5.93. The SMILES string of the molecule is COc1ccc(CN2CCOCC2)cc1OCCC1CCCCN1C(=O)c1cn2ccccc2n1. The van der Waals surface area contributed by atoms with Crippen LogP contribution in [0.2, 0.25) is 0 Å². The number of rotatable bonds is 8. The van der Waals surface area contributed by atoms with Crippen molar-refractivity contribution in [2.24, 2.45) is 0 Å². The summed E-state index contributed by atoms with van der Waals surface area (Å²) in [6.45, 7) is 5.61. The minimum atomic E-state index is 0.00323. The molecule has 0 spiro atoms. The normalized spacial score (nSPS) is 19.1. The molecule has 4 heterocycles. The van der Waals surface area contributed by atoms with Crippen molar-refractivity contribution in [1.82, 2.24) is 19.2 Å². The zero-order valence-corrected chi connectivity index (χ0v) is 20.4. The van der Waals surface area contributed by atoms with Crippen molar-refractivity contribution in [3.8, 4) is 11.5 Å². The number of ether oxygens (including phenoxy) is 3. The summed E-state index contributed by atoms with van der Waals surface area (Å²) in [6.07, 6.45) is 7.64. The molecular formula is C27H34N4O4. The van der Waals surface area contributed by atoms with E-state index in [9.17, 15) is 4.79 Å². The number of pyridine rings is 1. The fourth-order valence-corrected chi connectivity index (χ4v) is 5.01. The lowest BCUT2D eigenvalue weighted by atomic mass is 9.99. The topological polar surface area (TPSA) is 68.5 Å². The van der Waals surface area contributed by atoms with E-state index in [1.807, 2.05) is 46.0 Å². The van der Waals surface area contributed by atoms with Crippen LogP contribution in [0.5, 0.6) is 11.5 Å². The van der Waals surface area contributed by atoms with Crippen molar-refractivity contribution < 1.29 is 19.0 Å². The van der Waals surface area contributed by atoms with Crippen LogP contribution in [0.1, 0.15) is 41.7 Å². The van der Waals surface area contributed by atoms with Gasteiger partial charge < -0.3 is 23.5 Å². The summed E-state index contributed by atoms with van der Waals surface area (Å²) in [5, 5.41) is 0. The highest BCUT2D eigenvalue weighted by Crippen LogP contribution is 2.30. The number of imidazole rings is 1. The number of carbonyl (C=O) groups excluding carboxylic acids is 1. The highest BCUT2D eigenvalue weighted by atomic mass is 16.5. The monoisotopic (exact) mass is 478 g/mol. The van der Waals surface area contributed by atoms with Gasteiger partial charge in [-0.3, -0.25) is 9.69 Å². The van der Waals surface area contributed by atoms with Crippen LogP contribution < -0.4 is 9.47 Å². The molecule has 2 saturated heterocycles. The number of benzene rings is 1. The molecule has 1 aromatic carbocycles. The number of piperidine rings is 1. The first-order valence-corrected chi connectivity index (χ1v) is 12.6. The van der Waals surface area contributed by atoms with Crippen LogP contribution in [0.3, 0.4) is 0 Å². The Balaban J connectivity index is 1.22. The average Bonchev–Trinajstić information content (AvgIpc) is 3.34. The number of aromatic nitrogens is 2. The molecule has 2 aliphatic rings. The zero-order valence-electron chi connectivity index (χ0n) is 20.4. The van der Waals surface area contributed by atoms with Crippen LogP contribution in [0.15, 0.2) is 48.8 Å². The van der Waals surface area contributed by atoms with E-state index >= 15 is 0 Å². The van der Waals surface area contributed by atoms with E-state index in [1.54, 1.807) is 7.11 Å². The fraction of sp³-hybridized carbons (Fsp3) is 0.481. The molecule has 35 heavy (non-hydrogen) atoms. The summed E-state index contributed by atoms with van der Waals surface area (Å²) >= 11 is 0. The largest absolute Gasteiger partial charge is 0.493 e. The zero-order chi connectivity index (χ0) is 24.0. The number of carbonyl (C=O) groups is 1. The lowest BCUT2D eigenvalue weighted by molar-refractivity contribution is 0.0341. The fourth-order valence-electron chi connectivity index (χ4n) is 5.01. The predicted molar refractivity (Wildman–Crippen MR) is 133 cm³/mol. The minimum Gasteiger partial charge on any atom is -0.493 e. The van der Waals surface area contributed by atoms with E-state index < -0.39 is 0 Å². The lowest BCUT2D eigenvalue weighted by Gasteiger charge is -2.35. The molecule has 186 valence electrons. The maximum Gasteiger partial charge on any atom is 0.274 e. The molecule has 2 aliphatic heterocycles. The first kappa shape index (κ1) is 23.6. The summed E-state index contributed by atoms with van der Waals surface area (Å²) in [6, 6.07) is 12.1. The van der Waals surface area contributed by atoms with E-state index in [4.69, 9.17) is 14.2 Å². The van der Waals surface area contributed by atoms with Crippen LogP contribution in [-0.4, -0.2) is 77.7 Å². The van der Waals surface area contributed by atoms with Crippen LogP contribution >= 0.6 is 0 Å². The Morgan fingerprint density at radius 2 is 2.00 bits per heavy atom. The molecule has 2 fully saturated rings. The average molecular weight is 479 g/mol. The number of hydrogen-bond donors (Lipinski definition) is 0. The minimum absolute atomic E-state index is 0.00323. The van der Waals surface area contributed by atoms with Gasteiger partial charge in [0.05, 0.1) is 26.9 Å². The van der Waals surface area contributed by atoms with Crippen molar-refractivity contribution in [3.05, 3.63) is 60.0 Å². The maximum atomic E-state index is 13.3. The van der Waals surface area contributed by atoms with Crippen LogP contribution in [0.25, 0.3) is 5.65 Å². The molecule has 1 amide bonds. The van der Waals surface area contributed by atoms with Crippen molar-refractivity contribution in [1.29, 1.82) is 0 Å². The van der Waals surface area contributed by atoms with Gasteiger partial charge in [-0.1, -0.05) is 12.1 Å². The molecule has 8 heteroatoms. The molecule has 0 bridgehead atoms. The molecule has 0 aliphatic carbocycles. The van der Waals surface area contributed by atoms with Crippen molar-refractivity contribution in [2.75, 3.05) is 46.6 Å². The van der Waals surface area contributed by atoms with Crippen molar-refractivity contribution in [2.45, 2.75) is 38.3 Å². The number of morpholine rings is 1. The van der Waals surface area contributed by atoms with E-state index in [0.29, 0.717) is 12.3 Å². The van der Waals surface area contributed by atoms with Crippen molar-refractivity contribution in [3.63, 3.8) is 0 Å². The van der Waals surface area contributed by atoms with E-state index in [-0.39, 0.29) is 11.9 Å². The molecule has 5 rings (SSSR count). The number of nitrogens with zero attached hydrogens (tertiary/aromatic N) is 4. The van der Waals surface area contributed by atoms with E-state index in [0.717, 1.165) is 82.2 Å². The molecule has 3 aromatic rings. The molecule has 1 atom stereocenters. The second-order valence-corrected chi connectivity index (χ2v) is 9.25. The number of fused-ring (bicyclic) bond motifs is 1. The van der Waals surface area contributed by atoms with E-state index in [1.165, 1.54) is 5.56 Å². The van der Waals surface area contributed by atoms with Gasteiger partial charge in [0, 0.05) is 51.0 Å². The van der Waals surface area contributed by atoms with Gasteiger partial charge in [0.25, 0.3) is 5.91 Å². The maximum absolute atomic E-state index is 13.3. The number of amides is 1. The first-order chi connectivity index (χ1) is 17.2. The molecule has 8 nitrogen and oxygen atoms in total. The molecule has 0 radical (unpaired) electrons. The molecule has 2 aromatic heterocycles. The van der Waals surface area contributed by atoms with E-state index in [2.05, 4.69) is 22.0 Å². The van der Waals surface area contributed by atoms with Crippen molar-refractivity contribution >= 4 is 11.6 Å². The third-order valence-corrected chi connectivity index (χ3v) is 6.92. The predicted octanol–water partition coefficient (Wildman–Crippen LogP) is 3.64. The second kappa shape index (κ2) is 11.1. The van der Waals surface area contributed by atoms with Gasteiger partial charge in [0.15, 0.2) is 11.5 Å². The molecule has 0 N–H and O–H groups in total. The number of likely N-dealkylation sites (tertiary alicyclic amines) is 1. The number of hydrogen-bond acceptors (Lipinski definition) is 6. The summed E-state index contributed by atoms with van der Waals surface area (Å²) in [7, 11) is 1.67. The lowest BCUT2D eigenvalue weighted by Crippen LogP contribution is -2.44. The molecule has 1 unspecified atom stereocenters. The quantitative estimate of drug-likeness (QED) is 0.493. The molecular weight excluding hydrogens is 444 g/mol. The first-order valence-electron chi connectivity index (χ1n) is 12.6. The summed E-state index contributed by atoms with van der Waals surface area (Å²) in [5.74, 6) is 1.49. The molecule has 0 saturated carbocycles. The van der Waals surface area contributed by atoms with Gasteiger partial charge >= 0.3 is 0 Å². The number of methoxy groups -OCH3 is 1. The Hall–Kier alpha value is -3.10. The van der Waals surface area contributed by atoms with Gasteiger partial charge in [0.1, 0.15) is 11.3 Å². The Morgan fingerprint density at radius 1 is 1.11 bits per heavy atom. The van der Waals surface area contributed by atoms with Crippen LogP contribution in [-0.2, 0) is 11.3 Å². The van der Waals surface area contributed by atoms with Crippen LogP contribution in [0, 0.1) is 0 Å². The van der Waals surface area contributed by atoms with Crippen LogP contribution in [0.4, 0.5) is 0 Å². The Bertz CT molecular complexity index is 1110. The standard InChI is InChI=1S/C27H34N4O4/c1-33-24-9-8-21(19-29-13-16-34-17-14-29)18-25(24)35-15-10-22-6-2-5-12-31(22)27(32)23-20-30-11-4-3-7-26(30)28-23/h3-4,7-9,11,18,20,22H,2,5-6,10,12-17,19H2,1H3. The smallest absolute Gasteiger partial charge is 0.274 e.